The van der Waals surface area contributed by atoms with E-state index in [-0.39, 0.29) is 5.97 Å². The molecule has 0 N–H and O–H groups in total. The first kappa shape index (κ1) is 13.3. The number of nitrogens with zero attached hydrogens (tertiary/aromatic N) is 1. The van der Waals surface area contributed by atoms with Gasteiger partial charge >= 0.3 is 5.97 Å². The van der Waals surface area contributed by atoms with Crippen LogP contribution in [0.25, 0.3) is 0 Å². The predicted molar refractivity (Wildman–Crippen MR) is 70.2 cm³/mol. The first-order valence-corrected chi connectivity index (χ1v) is 5.60. The van der Waals surface area contributed by atoms with E-state index in [1.54, 1.807) is 6.92 Å². The highest BCUT2D eigenvalue weighted by Crippen LogP contribution is 2.18. The van der Waals surface area contributed by atoms with E-state index in [4.69, 9.17) is 4.74 Å². The number of carbonyl (C=O) groups is 1. The number of benzene rings is 1. The molecule has 3 nitrogen and oxygen atoms in total. The molecule has 0 spiro atoms. The van der Waals surface area contributed by atoms with Crippen molar-refractivity contribution in [1.82, 2.24) is 0 Å². The first-order valence-electron chi connectivity index (χ1n) is 5.60. The minimum absolute atomic E-state index is 0.327. The Bertz CT molecular complexity index is 410. The fraction of sp³-hybridized carbons (Fsp3) is 0.357. The van der Waals surface area contributed by atoms with Crippen molar-refractivity contribution in [1.29, 1.82) is 0 Å². The van der Waals surface area contributed by atoms with Crippen LogP contribution in [0.15, 0.2) is 36.4 Å². The average Bonchev–Trinajstić information content (AvgIpc) is 2.29. The number of hydrogen-bond donors (Lipinski definition) is 0. The molecule has 0 aliphatic heterocycles. The van der Waals surface area contributed by atoms with E-state index in [0.29, 0.717) is 18.6 Å². The Morgan fingerprint density at radius 3 is 2.59 bits per heavy atom. The van der Waals surface area contributed by atoms with Crippen LogP contribution in [0.4, 0.5) is 5.69 Å². The summed E-state index contributed by atoms with van der Waals surface area (Å²) in [5.74, 6) is -0.327. The molecule has 1 rings (SSSR count). The van der Waals surface area contributed by atoms with Gasteiger partial charge in [-0.1, -0.05) is 24.8 Å². The molecule has 0 aromatic heterocycles. The number of rotatable bonds is 5. The third-order valence-corrected chi connectivity index (χ3v) is 2.43. The zero-order chi connectivity index (χ0) is 12.8. The van der Waals surface area contributed by atoms with Gasteiger partial charge in [-0.05, 0) is 18.6 Å². The lowest BCUT2D eigenvalue weighted by Gasteiger charge is -2.17. The molecule has 3 heteroatoms. The van der Waals surface area contributed by atoms with Crippen molar-refractivity contribution >= 4 is 11.7 Å². The standard InChI is InChI=1S/C14H19NO2/c1-11(2)14(16)17-10-9-12-7-5-6-8-13(12)15(3)4/h5-8H,1,9-10H2,2-4H3. The van der Waals surface area contributed by atoms with Crippen molar-refractivity contribution in [3.63, 3.8) is 0 Å². The Hall–Kier alpha value is -1.77. The van der Waals surface area contributed by atoms with Gasteiger partial charge in [0.15, 0.2) is 0 Å². The van der Waals surface area contributed by atoms with Crippen LogP contribution in [0.1, 0.15) is 12.5 Å². The molecule has 1 aromatic rings. The molecule has 92 valence electrons. The molecular weight excluding hydrogens is 214 g/mol. The topological polar surface area (TPSA) is 29.5 Å². The maximum atomic E-state index is 11.2. The van der Waals surface area contributed by atoms with Gasteiger partial charge in [-0.15, -0.1) is 0 Å². The number of hydrogen-bond acceptors (Lipinski definition) is 3. The maximum Gasteiger partial charge on any atom is 0.333 e. The second-order valence-electron chi connectivity index (χ2n) is 4.19. The van der Waals surface area contributed by atoms with Gasteiger partial charge in [0.25, 0.3) is 0 Å². The Kier molecular flexibility index (Phi) is 4.76. The minimum atomic E-state index is -0.327. The molecule has 0 fully saturated rings. The van der Waals surface area contributed by atoms with Crippen molar-refractivity contribution in [2.24, 2.45) is 0 Å². The molecule has 0 bridgehead atoms. The summed E-state index contributed by atoms with van der Waals surface area (Å²) < 4.78 is 5.09. The van der Waals surface area contributed by atoms with E-state index < -0.39 is 0 Å². The molecule has 0 amide bonds. The molecule has 0 saturated heterocycles. The van der Waals surface area contributed by atoms with Gasteiger partial charge in [-0.25, -0.2) is 4.79 Å². The molecule has 1 aromatic carbocycles. The molecule has 0 unspecified atom stereocenters. The first-order chi connectivity index (χ1) is 8.02. The van der Waals surface area contributed by atoms with Gasteiger partial charge in [0.2, 0.25) is 0 Å². The fourth-order valence-corrected chi connectivity index (χ4v) is 1.54. The zero-order valence-electron chi connectivity index (χ0n) is 10.7. The normalized spacial score (nSPS) is 9.82. The van der Waals surface area contributed by atoms with Crippen LogP contribution in [0.5, 0.6) is 0 Å². The Morgan fingerprint density at radius 2 is 2.00 bits per heavy atom. The third-order valence-electron chi connectivity index (χ3n) is 2.43. The highest BCUT2D eigenvalue weighted by molar-refractivity contribution is 5.86. The van der Waals surface area contributed by atoms with Gasteiger partial charge in [0.05, 0.1) is 6.61 Å². The van der Waals surface area contributed by atoms with Gasteiger partial charge in [-0.2, -0.15) is 0 Å². The van der Waals surface area contributed by atoms with Gasteiger partial charge in [0.1, 0.15) is 0 Å². The summed E-state index contributed by atoms with van der Waals surface area (Å²) in [6.07, 6.45) is 0.716. The highest BCUT2D eigenvalue weighted by Gasteiger charge is 2.06. The second kappa shape index (κ2) is 6.09. The van der Waals surface area contributed by atoms with Gasteiger partial charge < -0.3 is 9.64 Å². The number of carbonyl (C=O) groups excluding carboxylic acids is 1. The largest absolute Gasteiger partial charge is 0.462 e. The molecule has 0 atom stereocenters. The van der Waals surface area contributed by atoms with Crippen LogP contribution in [-0.2, 0) is 16.0 Å². The molecule has 0 radical (unpaired) electrons. The summed E-state index contributed by atoms with van der Waals surface area (Å²) in [6, 6.07) is 8.08. The smallest absolute Gasteiger partial charge is 0.333 e. The average molecular weight is 233 g/mol. The summed E-state index contributed by atoms with van der Waals surface area (Å²) in [4.78, 5) is 13.3. The Morgan fingerprint density at radius 1 is 1.35 bits per heavy atom. The summed E-state index contributed by atoms with van der Waals surface area (Å²) in [7, 11) is 4.00. The lowest BCUT2D eigenvalue weighted by molar-refractivity contribution is -0.138. The quantitative estimate of drug-likeness (QED) is 0.578. The lowest BCUT2D eigenvalue weighted by Crippen LogP contribution is -2.13. The number of para-hydroxylation sites is 1. The van der Waals surface area contributed by atoms with Gasteiger partial charge in [-0.3, -0.25) is 0 Å². The molecular formula is C14H19NO2. The summed E-state index contributed by atoms with van der Waals surface area (Å²) >= 11 is 0. The fourth-order valence-electron chi connectivity index (χ4n) is 1.54. The van der Waals surface area contributed by atoms with Crippen LogP contribution in [-0.4, -0.2) is 26.7 Å². The van der Waals surface area contributed by atoms with Crippen molar-refractivity contribution in [2.45, 2.75) is 13.3 Å². The summed E-state index contributed by atoms with van der Waals surface area (Å²) in [5.41, 5.74) is 2.76. The Labute approximate surface area is 103 Å². The summed E-state index contributed by atoms with van der Waals surface area (Å²) in [6.45, 7) is 5.58. The van der Waals surface area contributed by atoms with Gasteiger partial charge in [0, 0.05) is 31.8 Å². The van der Waals surface area contributed by atoms with Crippen molar-refractivity contribution < 1.29 is 9.53 Å². The van der Waals surface area contributed by atoms with E-state index in [1.807, 2.05) is 32.3 Å². The Balaban J connectivity index is 2.58. The van der Waals surface area contributed by atoms with Crippen LogP contribution in [0, 0.1) is 0 Å². The number of esters is 1. The van der Waals surface area contributed by atoms with E-state index in [2.05, 4.69) is 17.5 Å². The van der Waals surface area contributed by atoms with Crippen molar-refractivity contribution in [2.75, 3.05) is 25.6 Å². The number of ether oxygens (including phenoxy) is 1. The van der Waals surface area contributed by atoms with E-state index in [0.717, 1.165) is 5.69 Å². The molecule has 0 heterocycles. The van der Waals surface area contributed by atoms with Crippen molar-refractivity contribution in [3.05, 3.63) is 42.0 Å². The van der Waals surface area contributed by atoms with Crippen LogP contribution >= 0.6 is 0 Å². The van der Waals surface area contributed by atoms with E-state index in [9.17, 15) is 4.79 Å². The van der Waals surface area contributed by atoms with Crippen LogP contribution < -0.4 is 4.90 Å². The zero-order valence-corrected chi connectivity index (χ0v) is 10.7. The predicted octanol–water partition coefficient (Wildman–Crippen LogP) is 2.41. The minimum Gasteiger partial charge on any atom is -0.462 e. The maximum absolute atomic E-state index is 11.2. The molecule has 17 heavy (non-hydrogen) atoms. The van der Waals surface area contributed by atoms with Crippen LogP contribution in [0.2, 0.25) is 0 Å². The van der Waals surface area contributed by atoms with E-state index in [1.165, 1.54) is 5.56 Å². The van der Waals surface area contributed by atoms with E-state index >= 15 is 0 Å². The highest BCUT2D eigenvalue weighted by atomic mass is 16.5. The second-order valence-corrected chi connectivity index (χ2v) is 4.19. The molecule has 0 saturated carbocycles. The van der Waals surface area contributed by atoms with Crippen LogP contribution in [0.3, 0.4) is 0 Å². The molecule has 0 aliphatic rings. The monoisotopic (exact) mass is 233 g/mol. The number of anilines is 1. The van der Waals surface area contributed by atoms with Crippen molar-refractivity contribution in [3.8, 4) is 0 Å². The lowest BCUT2D eigenvalue weighted by atomic mass is 10.1. The summed E-state index contributed by atoms with van der Waals surface area (Å²) in [5, 5.41) is 0. The SMILES string of the molecule is C=C(C)C(=O)OCCc1ccccc1N(C)C. The molecule has 0 aliphatic carbocycles. The third kappa shape index (κ3) is 3.94.